The number of aryl methyl sites for hydroxylation is 2. The van der Waals surface area contributed by atoms with Gasteiger partial charge in [-0.1, -0.05) is 6.07 Å². The zero-order valence-corrected chi connectivity index (χ0v) is 13.7. The van der Waals surface area contributed by atoms with Crippen molar-refractivity contribution in [3.8, 4) is 11.5 Å². The van der Waals surface area contributed by atoms with Crippen LogP contribution in [0.4, 0.5) is 4.39 Å². The molecule has 1 aromatic heterocycles. The Bertz CT molecular complexity index is 911. The summed E-state index contributed by atoms with van der Waals surface area (Å²) < 4.78 is 30.2. The molecular formula is C19H17FO4. The Kier molecular flexibility index (Phi) is 4.25. The highest BCUT2D eigenvalue weighted by Crippen LogP contribution is 2.34. The molecule has 2 aromatic carbocycles. The van der Waals surface area contributed by atoms with Crippen LogP contribution in [0.3, 0.4) is 0 Å². The number of ether oxygens (including phenoxy) is 2. The number of esters is 1. The van der Waals surface area contributed by atoms with Crippen molar-refractivity contribution in [3.05, 3.63) is 59.1 Å². The molecule has 0 aliphatic carbocycles. The van der Waals surface area contributed by atoms with E-state index in [9.17, 15) is 9.18 Å². The van der Waals surface area contributed by atoms with Crippen molar-refractivity contribution in [2.75, 3.05) is 6.61 Å². The molecule has 0 spiro atoms. The van der Waals surface area contributed by atoms with Crippen molar-refractivity contribution >= 4 is 16.9 Å². The second-order valence-electron chi connectivity index (χ2n) is 5.48. The first-order valence-corrected chi connectivity index (χ1v) is 7.63. The van der Waals surface area contributed by atoms with Gasteiger partial charge in [0.1, 0.15) is 28.7 Å². The van der Waals surface area contributed by atoms with Crippen LogP contribution in [-0.2, 0) is 4.74 Å². The molecule has 124 valence electrons. The van der Waals surface area contributed by atoms with E-state index in [1.54, 1.807) is 45.0 Å². The molecular weight excluding hydrogens is 311 g/mol. The summed E-state index contributed by atoms with van der Waals surface area (Å²) in [6, 6.07) is 9.62. The van der Waals surface area contributed by atoms with Crippen molar-refractivity contribution in [3.63, 3.8) is 0 Å². The fourth-order valence-electron chi connectivity index (χ4n) is 2.41. The second-order valence-corrected chi connectivity index (χ2v) is 5.48. The largest absolute Gasteiger partial charge is 0.462 e. The average molecular weight is 328 g/mol. The number of benzene rings is 2. The van der Waals surface area contributed by atoms with Gasteiger partial charge in [-0.05, 0) is 50.6 Å². The van der Waals surface area contributed by atoms with E-state index in [0.29, 0.717) is 39.4 Å². The van der Waals surface area contributed by atoms with Gasteiger partial charge < -0.3 is 13.9 Å². The quantitative estimate of drug-likeness (QED) is 0.621. The van der Waals surface area contributed by atoms with Crippen LogP contribution in [0, 0.1) is 19.7 Å². The topological polar surface area (TPSA) is 48.7 Å². The average Bonchev–Trinajstić information content (AvgIpc) is 2.91. The van der Waals surface area contributed by atoms with Crippen LogP contribution in [0.2, 0.25) is 0 Å². The number of hydrogen-bond donors (Lipinski definition) is 0. The van der Waals surface area contributed by atoms with E-state index < -0.39 is 5.97 Å². The lowest BCUT2D eigenvalue weighted by atomic mass is 10.1. The molecule has 1 heterocycles. The molecule has 24 heavy (non-hydrogen) atoms. The Labute approximate surface area is 138 Å². The zero-order valence-electron chi connectivity index (χ0n) is 13.7. The molecule has 0 atom stereocenters. The predicted octanol–water partition coefficient (Wildman–Crippen LogP) is 5.16. The maximum atomic E-state index is 13.7. The SMILES string of the molecule is CCOC(=O)c1cc(Oc2ccc(C)c(F)c2)c2cc(C)oc2c1. The molecule has 0 radical (unpaired) electrons. The number of halogens is 1. The van der Waals surface area contributed by atoms with Crippen LogP contribution >= 0.6 is 0 Å². The Balaban J connectivity index is 2.07. The van der Waals surface area contributed by atoms with Crippen molar-refractivity contribution in [1.82, 2.24) is 0 Å². The third-order valence-corrected chi connectivity index (χ3v) is 3.60. The molecule has 0 N–H and O–H groups in total. The molecule has 3 aromatic rings. The summed E-state index contributed by atoms with van der Waals surface area (Å²) in [5.74, 6) is 0.628. The maximum Gasteiger partial charge on any atom is 0.338 e. The first kappa shape index (κ1) is 16.1. The minimum atomic E-state index is -0.464. The van der Waals surface area contributed by atoms with Crippen LogP contribution in [0.15, 0.2) is 40.8 Å². The summed E-state index contributed by atoms with van der Waals surface area (Å²) in [5, 5.41) is 0.710. The van der Waals surface area contributed by atoms with Crippen LogP contribution in [0.5, 0.6) is 11.5 Å². The molecule has 5 heteroatoms. The van der Waals surface area contributed by atoms with E-state index in [0.717, 1.165) is 0 Å². The van der Waals surface area contributed by atoms with Crippen LogP contribution in [0.25, 0.3) is 11.0 Å². The van der Waals surface area contributed by atoms with E-state index in [1.807, 2.05) is 6.07 Å². The van der Waals surface area contributed by atoms with Gasteiger partial charge in [0.05, 0.1) is 17.6 Å². The van der Waals surface area contributed by atoms with E-state index in [1.165, 1.54) is 6.07 Å². The summed E-state index contributed by atoms with van der Waals surface area (Å²) in [4.78, 5) is 12.0. The summed E-state index contributed by atoms with van der Waals surface area (Å²) in [7, 11) is 0. The van der Waals surface area contributed by atoms with Gasteiger partial charge in [-0.25, -0.2) is 9.18 Å². The molecule has 4 nitrogen and oxygen atoms in total. The van der Waals surface area contributed by atoms with Gasteiger partial charge in [0.2, 0.25) is 0 Å². The third kappa shape index (κ3) is 3.11. The van der Waals surface area contributed by atoms with E-state index in [4.69, 9.17) is 13.9 Å². The monoisotopic (exact) mass is 328 g/mol. The number of carbonyl (C=O) groups excluding carboxylic acids is 1. The first-order chi connectivity index (χ1) is 11.5. The second kappa shape index (κ2) is 6.35. The summed E-state index contributed by atoms with van der Waals surface area (Å²) in [6.07, 6.45) is 0. The highest BCUT2D eigenvalue weighted by Gasteiger charge is 2.16. The molecule has 0 aliphatic heterocycles. The van der Waals surface area contributed by atoms with Gasteiger partial charge in [0.25, 0.3) is 0 Å². The number of furan rings is 1. The number of carbonyl (C=O) groups is 1. The van der Waals surface area contributed by atoms with Crippen molar-refractivity contribution in [2.45, 2.75) is 20.8 Å². The zero-order chi connectivity index (χ0) is 17.3. The molecule has 0 amide bonds. The van der Waals surface area contributed by atoms with Gasteiger partial charge >= 0.3 is 5.97 Å². The lowest BCUT2D eigenvalue weighted by molar-refractivity contribution is 0.0526. The van der Waals surface area contributed by atoms with Crippen LogP contribution < -0.4 is 4.74 Å². The summed E-state index contributed by atoms with van der Waals surface area (Å²) in [6.45, 7) is 5.49. The highest BCUT2D eigenvalue weighted by atomic mass is 19.1. The molecule has 0 unspecified atom stereocenters. The van der Waals surface area contributed by atoms with Crippen LogP contribution in [-0.4, -0.2) is 12.6 Å². The third-order valence-electron chi connectivity index (χ3n) is 3.60. The molecule has 0 aliphatic rings. The van der Waals surface area contributed by atoms with E-state index in [2.05, 4.69) is 0 Å². The molecule has 0 saturated carbocycles. The van der Waals surface area contributed by atoms with E-state index >= 15 is 0 Å². The predicted molar refractivity (Wildman–Crippen MR) is 88.1 cm³/mol. The van der Waals surface area contributed by atoms with Crippen molar-refractivity contribution in [1.29, 1.82) is 0 Å². The maximum absolute atomic E-state index is 13.7. The van der Waals surface area contributed by atoms with Gasteiger partial charge in [-0.3, -0.25) is 0 Å². The van der Waals surface area contributed by atoms with E-state index in [-0.39, 0.29) is 12.4 Å². The number of hydrogen-bond acceptors (Lipinski definition) is 4. The Morgan fingerprint density at radius 1 is 1.17 bits per heavy atom. The molecule has 0 saturated heterocycles. The molecule has 3 rings (SSSR count). The summed E-state index contributed by atoms with van der Waals surface area (Å²) in [5.41, 5.74) is 1.37. The fraction of sp³-hybridized carbons (Fsp3) is 0.211. The number of rotatable bonds is 4. The minimum Gasteiger partial charge on any atom is -0.462 e. The van der Waals surface area contributed by atoms with Crippen LogP contribution in [0.1, 0.15) is 28.6 Å². The Hall–Kier alpha value is -2.82. The standard InChI is InChI=1S/C19H17FO4/c1-4-22-19(21)13-8-17-15(7-12(3)23-17)18(9-13)24-14-6-5-11(2)16(20)10-14/h5-10H,4H2,1-3H3. The lowest BCUT2D eigenvalue weighted by Gasteiger charge is -2.09. The van der Waals surface area contributed by atoms with Gasteiger partial charge in [-0.15, -0.1) is 0 Å². The minimum absolute atomic E-state index is 0.271. The van der Waals surface area contributed by atoms with Gasteiger partial charge in [0, 0.05) is 6.07 Å². The molecule has 0 bridgehead atoms. The van der Waals surface area contributed by atoms with Crippen molar-refractivity contribution < 1.29 is 23.1 Å². The smallest absolute Gasteiger partial charge is 0.338 e. The first-order valence-electron chi connectivity index (χ1n) is 7.63. The lowest BCUT2D eigenvalue weighted by Crippen LogP contribution is -2.04. The van der Waals surface area contributed by atoms with Gasteiger partial charge in [0.15, 0.2) is 0 Å². The van der Waals surface area contributed by atoms with Crippen molar-refractivity contribution in [2.24, 2.45) is 0 Å². The van der Waals surface area contributed by atoms with Gasteiger partial charge in [-0.2, -0.15) is 0 Å². The highest BCUT2D eigenvalue weighted by molar-refractivity contribution is 5.96. The normalized spacial score (nSPS) is 10.8. The fourth-order valence-corrected chi connectivity index (χ4v) is 2.41. The Morgan fingerprint density at radius 3 is 2.67 bits per heavy atom. The summed E-state index contributed by atoms with van der Waals surface area (Å²) >= 11 is 0. The molecule has 0 fully saturated rings. The number of fused-ring (bicyclic) bond motifs is 1. The Morgan fingerprint density at radius 2 is 1.96 bits per heavy atom.